The monoisotopic (exact) mass is 345 g/mol. The molecule has 25 heavy (non-hydrogen) atoms. The molecule has 3 rings (SSSR count). The molecule has 1 aromatic carbocycles. The van der Waals surface area contributed by atoms with E-state index in [1.807, 2.05) is 4.90 Å². The van der Waals surface area contributed by atoms with Gasteiger partial charge in [0.05, 0.1) is 18.0 Å². The molecule has 0 amide bonds. The molecule has 0 unspecified atom stereocenters. The first-order valence-corrected chi connectivity index (χ1v) is 8.42. The van der Waals surface area contributed by atoms with Crippen LogP contribution in [0.15, 0.2) is 35.1 Å². The molecular formula is C18H20FN3O3. The van der Waals surface area contributed by atoms with Crippen molar-refractivity contribution in [3.05, 3.63) is 52.2 Å². The predicted octanol–water partition coefficient (Wildman–Crippen LogP) is 2.54. The van der Waals surface area contributed by atoms with Gasteiger partial charge in [0.1, 0.15) is 5.82 Å². The lowest BCUT2D eigenvalue weighted by molar-refractivity contribution is 0.0518. The van der Waals surface area contributed by atoms with Crippen molar-refractivity contribution in [1.82, 2.24) is 9.78 Å². The Morgan fingerprint density at radius 3 is 2.52 bits per heavy atom. The number of halogens is 1. The SMILES string of the molecule is CCOC(=O)c1nn(-c2ccc(F)cc2)c(=O)cc1N1CCCCC1. The van der Waals surface area contributed by atoms with E-state index in [4.69, 9.17) is 4.74 Å². The largest absolute Gasteiger partial charge is 0.461 e. The van der Waals surface area contributed by atoms with Crippen LogP contribution in [0.1, 0.15) is 36.7 Å². The second kappa shape index (κ2) is 7.46. The first-order valence-electron chi connectivity index (χ1n) is 8.42. The van der Waals surface area contributed by atoms with Crippen molar-refractivity contribution in [1.29, 1.82) is 0 Å². The van der Waals surface area contributed by atoms with Gasteiger partial charge >= 0.3 is 5.97 Å². The number of piperidine rings is 1. The fourth-order valence-corrected chi connectivity index (χ4v) is 2.93. The number of hydrogen-bond donors (Lipinski definition) is 0. The fourth-order valence-electron chi connectivity index (χ4n) is 2.93. The Kier molecular flexibility index (Phi) is 5.11. The van der Waals surface area contributed by atoms with Crippen molar-refractivity contribution in [2.75, 3.05) is 24.6 Å². The highest BCUT2D eigenvalue weighted by atomic mass is 19.1. The first-order chi connectivity index (χ1) is 12.1. The number of carbonyl (C=O) groups excluding carboxylic acids is 1. The molecule has 1 aromatic heterocycles. The van der Waals surface area contributed by atoms with E-state index in [0.717, 1.165) is 37.0 Å². The summed E-state index contributed by atoms with van der Waals surface area (Å²) in [6.07, 6.45) is 3.14. The van der Waals surface area contributed by atoms with E-state index in [2.05, 4.69) is 5.10 Å². The number of carbonyl (C=O) groups is 1. The first kappa shape index (κ1) is 17.1. The molecule has 0 aliphatic carbocycles. The van der Waals surface area contributed by atoms with Crippen LogP contribution in [0, 0.1) is 5.82 Å². The summed E-state index contributed by atoms with van der Waals surface area (Å²) in [5, 5.41) is 4.23. The van der Waals surface area contributed by atoms with E-state index >= 15 is 0 Å². The van der Waals surface area contributed by atoms with E-state index in [1.165, 1.54) is 30.3 Å². The Bertz CT molecular complexity index is 811. The average molecular weight is 345 g/mol. The van der Waals surface area contributed by atoms with Crippen molar-refractivity contribution < 1.29 is 13.9 Å². The minimum Gasteiger partial charge on any atom is -0.461 e. The third-order valence-corrected chi connectivity index (χ3v) is 4.15. The number of rotatable bonds is 4. The topological polar surface area (TPSA) is 64.4 Å². The summed E-state index contributed by atoms with van der Waals surface area (Å²) in [5.74, 6) is -0.980. The van der Waals surface area contributed by atoms with Gasteiger partial charge in [-0.05, 0) is 50.5 Å². The third-order valence-electron chi connectivity index (χ3n) is 4.15. The molecule has 7 heteroatoms. The number of aromatic nitrogens is 2. The third kappa shape index (κ3) is 3.70. The quantitative estimate of drug-likeness (QED) is 0.797. The van der Waals surface area contributed by atoms with Gasteiger partial charge in [-0.25, -0.2) is 9.18 Å². The van der Waals surface area contributed by atoms with E-state index < -0.39 is 11.8 Å². The molecular weight excluding hydrogens is 325 g/mol. The summed E-state index contributed by atoms with van der Waals surface area (Å²) in [4.78, 5) is 26.9. The van der Waals surface area contributed by atoms with Gasteiger partial charge in [0.25, 0.3) is 5.56 Å². The molecule has 0 N–H and O–H groups in total. The maximum atomic E-state index is 13.1. The summed E-state index contributed by atoms with van der Waals surface area (Å²) in [5.41, 5.74) is 0.622. The summed E-state index contributed by atoms with van der Waals surface area (Å²) < 4.78 is 19.3. The van der Waals surface area contributed by atoms with Crippen molar-refractivity contribution in [2.24, 2.45) is 0 Å². The van der Waals surface area contributed by atoms with Crippen LogP contribution in [0.3, 0.4) is 0 Å². The molecule has 1 saturated heterocycles. The van der Waals surface area contributed by atoms with Gasteiger partial charge in [-0.15, -0.1) is 0 Å². The number of hydrogen-bond acceptors (Lipinski definition) is 5. The summed E-state index contributed by atoms with van der Waals surface area (Å²) in [6, 6.07) is 6.78. The number of esters is 1. The predicted molar refractivity (Wildman–Crippen MR) is 91.8 cm³/mol. The standard InChI is InChI=1S/C18H20FN3O3/c1-2-25-18(24)17-15(21-10-4-3-5-11-21)12-16(23)22(20-17)14-8-6-13(19)7-9-14/h6-9,12H,2-5,10-11H2,1H3. The molecule has 2 aromatic rings. The van der Waals surface area contributed by atoms with Crippen molar-refractivity contribution in [3.8, 4) is 5.69 Å². The molecule has 0 spiro atoms. The van der Waals surface area contributed by atoms with Crippen LogP contribution in [0.25, 0.3) is 5.69 Å². The minimum atomic E-state index is -0.570. The van der Waals surface area contributed by atoms with Gasteiger partial charge < -0.3 is 9.64 Å². The Balaban J connectivity index is 2.09. The van der Waals surface area contributed by atoms with Crippen LogP contribution < -0.4 is 10.5 Å². The maximum Gasteiger partial charge on any atom is 0.360 e. The highest BCUT2D eigenvalue weighted by Crippen LogP contribution is 2.22. The molecule has 1 aliphatic heterocycles. The smallest absolute Gasteiger partial charge is 0.360 e. The molecule has 132 valence electrons. The van der Waals surface area contributed by atoms with Crippen LogP contribution in [-0.2, 0) is 4.74 Å². The summed E-state index contributed by atoms with van der Waals surface area (Å²) >= 11 is 0. The molecule has 0 atom stereocenters. The van der Waals surface area contributed by atoms with Crippen LogP contribution in [-0.4, -0.2) is 35.4 Å². The van der Waals surface area contributed by atoms with Crippen molar-refractivity contribution in [2.45, 2.75) is 26.2 Å². The number of nitrogens with zero attached hydrogens (tertiary/aromatic N) is 3. The molecule has 0 saturated carbocycles. The summed E-state index contributed by atoms with van der Waals surface area (Å²) in [7, 11) is 0. The lowest BCUT2D eigenvalue weighted by Crippen LogP contribution is -2.34. The second-order valence-corrected chi connectivity index (χ2v) is 5.87. The number of benzene rings is 1. The lowest BCUT2D eigenvalue weighted by atomic mass is 10.1. The highest BCUT2D eigenvalue weighted by Gasteiger charge is 2.23. The van der Waals surface area contributed by atoms with Gasteiger partial charge in [0.15, 0.2) is 5.69 Å². The Hall–Kier alpha value is -2.70. The molecule has 0 bridgehead atoms. The van der Waals surface area contributed by atoms with Crippen LogP contribution in [0.2, 0.25) is 0 Å². The van der Waals surface area contributed by atoms with Crippen molar-refractivity contribution >= 4 is 11.7 Å². The molecule has 0 radical (unpaired) electrons. The molecule has 2 heterocycles. The Labute approximate surface area is 144 Å². The maximum absolute atomic E-state index is 13.1. The Morgan fingerprint density at radius 1 is 1.20 bits per heavy atom. The van der Waals surface area contributed by atoms with Gasteiger partial charge in [0, 0.05) is 19.2 Å². The van der Waals surface area contributed by atoms with E-state index in [0.29, 0.717) is 11.4 Å². The molecule has 1 aliphatic rings. The van der Waals surface area contributed by atoms with Gasteiger partial charge in [-0.2, -0.15) is 9.78 Å². The summed E-state index contributed by atoms with van der Waals surface area (Å²) in [6.45, 7) is 3.48. The zero-order valence-electron chi connectivity index (χ0n) is 14.1. The molecule has 1 fully saturated rings. The lowest BCUT2D eigenvalue weighted by Gasteiger charge is -2.29. The second-order valence-electron chi connectivity index (χ2n) is 5.87. The minimum absolute atomic E-state index is 0.104. The van der Waals surface area contributed by atoms with Gasteiger partial charge in [0.2, 0.25) is 0 Å². The Morgan fingerprint density at radius 2 is 1.88 bits per heavy atom. The zero-order valence-corrected chi connectivity index (χ0v) is 14.1. The van der Waals surface area contributed by atoms with Gasteiger partial charge in [-0.3, -0.25) is 4.79 Å². The number of anilines is 1. The van der Waals surface area contributed by atoms with E-state index in [9.17, 15) is 14.0 Å². The van der Waals surface area contributed by atoms with E-state index in [-0.39, 0.29) is 17.9 Å². The van der Waals surface area contributed by atoms with Crippen molar-refractivity contribution in [3.63, 3.8) is 0 Å². The van der Waals surface area contributed by atoms with Crippen LogP contribution in [0.4, 0.5) is 10.1 Å². The molecule has 6 nitrogen and oxygen atoms in total. The highest BCUT2D eigenvalue weighted by molar-refractivity contribution is 5.93. The average Bonchev–Trinajstić information content (AvgIpc) is 2.63. The number of ether oxygens (including phenoxy) is 1. The van der Waals surface area contributed by atoms with E-state index in [1.54, 1.807) is 6.92 Å². The van der Waals surface area contributed by atoms with Crippen LogP contribution in [0.5, 0.6) is 0 Å². The van der Waals surface area contributed by atoms with Gasteiger partial charge in [-0.1, -0.05) is 0 Å². The van der Waals surface area contributed by atoms with Crippen LogP contribution >= 0.6 is 0 Å². The fraction of sp³-hybridized carbons (Fsp3) is 0.389. The zero-order chi connectivity index (χ0) is 17.8. The normalized spacial score (nSPS) is 14.4.